The minimum absolute atomic E-state index is 0.0397. The van der Waals surface area contributed by atoms with Gasteiger partial charge in [-0.25, -0.2) is 9.18 Å². The maximum Gasteiger partial charge on any atom is 0.441 e. The highest BCUT2D eigenvalue weighted by Crippen LogP contribution is 2.56. The Kier molecular flexibility index (Phi) is 7.62. The SMILES string of the molecule is O=C=Nc1cccc(C(=O)Nc2c(Br)cc(SC(F)(C(F)(F)F)C(F)(F)F)cc2Br)c1. The molecule has 2 rings (SSSR count). The van der Waals surface area contributed by atoms with Crippen LogP contribution in [0.15, 0.2) is 55.2 Å². The van der Waals surface area contributed by atoms with Gasteiger partial charge in [-0.2, -0.15) is 31.3 Å². The first-order chi connectivity index (χ1) is 14.2. The molecule has 2 aromatic rings. The second-order valence-electron chi connectivity index (χ2n) is 5.66. The molecule has 0 aliphatic heterocycles. The number of benzene rings is 2. The first-order valence-corrected chi connectivity index (χ1v) is 10.1. The third-order valence-electron chi connectivity index (χ3n) is 3.52. The summed E-state index contributed by atoms with van der Waals surface area (Å²) in [6, 6.07) is 7.05. The van der Waals surface area contributed by atoms with E-state index in [0.717, 1.165) is 12.1 Å². The van der Waals surface area contributed by atoms with Crippen molar-refractivity contribution in [1.82, 2.24) is 0 Å². The van der Waals surface area contributed by atoms with Crippen molar-refractivity contribution in [2.75, 3.05) is 5.32 Å². The van der Waals surface area contributed by atoms with E-state index in [4.69, 9.17) is 0 Å². The lowest BCUT2D eigenvalue weighted by molar-refractivity contribution is -0.302. The van der Waals surface area contributed by atoms with Crippen LogP contribution in [0.4, 0.5) is 42.1 Å². The molecule has 0 unspecified atom stereocenters. The van der Waals surface area contributed by atoms with Gasteiger partial charge < -0.3 is 5.32 Å². The van der Waals surface area contributed by atoms with Gasteiger partial charge in [-0.1, -0.05) is 17.8 Å². The zero-order valence-electron chi connectivity index (χ0n) is 14.5. The molecule has 0 spiro atoms. The third kappa shape index (κ3) is 5.68. The predicted octanol–water partition coefficient (Wildman–Crippen LogP) is 7.31. The molecule has 0 aliphatic rings. The molecule has 0 saturated carbocycles. The molecule has 0 saturated heterocycles. The van der Waals surface area contributed by atoms with Gasteiger partial charge in [0.25, 0.3) is 5.91 Å². The zero-order chi connectivity index (χ0) is 23.6. The topological polar surface area (TPSA) is 58.5 Å². The van der Waals surface area contributed by atoms with Crippen LogP contribution in [0, 0.1) is 0 Å². The van der Waals surface area contributed by atoms with Crippen molar-refractivity contribution in [3.63, 3.8) is 0 Å². The number of rotatable bonds is 5. The highest BCUT2D eigenvalue weighted by atomic mass is 79.9. The Morgan fingerprint density at radius 1 is 0.968 bits per heavy atom. The smallest absolute Gasteiger partial charge is 0.320 e. The average Bonchev–Trinajstić information content (AvgIpc) is 2.63. The van der Waals surface area contributed by atoms with Crippen molar-refractivity contribution in [1.29, 1.82) is 0 Å². The summed E-state index contributed by atoms with van der Waals surface area (Å²) < 4.78 is 90.4. The van der Waals surface area contributed by atoms with Crippen molar-refractivity contribution in [2.45, 2.75) is 22.2 Å². The maximum atomic E-state index is 14.0. The second kappa shape index (κ2) is 9.31. The fourth-order valence-corrected chi connectivity index (χ4v) is 4.72. The van der Waals surface area contributed by atoms with Gasteiger partial charge >= 0.3 is 17.4 Å². The van der Waals surface area contributed by atoms with Gasteiger partial charge in [-0.05, 0) is 62.2 Å². The fourth-order valence-electron chi connectivity index (χ4n) is 2.12. The lowest BCUT2D eigenvalue weighted by atomic mass is 10.2. The number of amides is 1. The monoisotopic (exact) mass is 594 g/mol. The summed E-state index contributed by atoms with van der Waals surface area (Å²) in [6.45, 7) is 0. The van der Waals surface area contributed by atoms with Crippen LogP contribution < -0.4 is 5.32 Å². The average molecular weight is 596 g/mol. The molecule has 2 aromatic carbocycles. The van der Waals surface area contributed by atoms with Crippen LogP contribution in [0.5, 0.6) is 0 Å². The normalized spacial score (nSPS) is 12.3. The van der Waals surface area contributed by atoms with Crippen molar-refractivity contribution in [2.24, 2.45) is 4.99 Å². The molecule has 0 bridgehead atoms. The Bertz CT molecular complexity index is 1020. The Morgan fingerprint density at radius 3 is 2.00 bits per heavy atom. The number of halogens is 9. The molecule has 14 heteroatoms. The standard InChI is InChI=1S/C17H7Br2F7N2O2S/c18-11-5-10(31-15(20,16(21,22)23)17(24,25)26)6-12(19)13(11)28-14(30)8-2-1-3-9(4-8)27-7-29/h1-6H,(H,28,30). The molecule has 1 amide bonds. The number of anilines is 1. The summed E-state index contributed by atoms with van der Waals surface area (Å²) in [7, 11) is 0. The van der Waals surface area contributed by atoms with E-state index in [1.807, 2.05) is 0 Å². The number of nitrogens with one attached hydrogen (secondary N) is 1. The molecular formula is C17H7Br2F7N2O2S. The highest BCUT2D eigenvalue weighted by molar-refractivity contribution is 9.11. The van der Waals surface area contributed by atoms with Gasteiger partial charge in [-0.15, -0.1) is 0 Å². The van der Waals surface area contributed by atoms with E-state index in [2.05, 4.69) is 42.2 Å². The zero-order valence-corrected chi connectivity index (χ0v) is 18.5. The quantitative estimate of drug-likeness (QED) is 0.171. The molecule has 4 nitrogen and oxygen atoms in total. The van der Waals surface area contributed by atoms with Crippen LogP contribution in [0.3, 0.4) is 0 Å². The molecule has 0 radical (unpaired) electrons. The van der Waals surface area contributed by atoms with Crippen molar-refractivity contribution in [3.05, 3.63) is 50.9 Å². The van der Waals surface area contributed by atoms with Crippen molar-refractivity contribution in [3.8, 4) is 0 Å². The van der Waals surface area contributed by atoms with E-state index < -0.39 is 39.9 Å². The van der Waals surface area contributed by atoms with E-state index in [1.54, 1.807) is 0 Å². The highest BCUT2D eigenvalue weighted by Gasteiger charge is 2.73. The molecule has 0 aliphatic carbocycles. The lowest BCUT2D eigenvalue weighted by Crippen LogP contribution is -2.50. The Hall–Kier alpha value is -1.89. The number of thioether (sulfide) groups is 1. The van der Waals surface area contributed by atoms with E-state index in [9.17, 15) is 40.3 Å². The molecule has 0 fully saturated rings. The Balaban J connectivity index is 2.35. The summed E-state index contributed by atoms with van der Waals surface area (Å²) in [5, 5.41) is -3.14. The number of carbonyl (C=O) groups excluding carboxylic acids is 2. The van der Waals surface area contributed by atoms with Crippen molar-refractivity contribution >= 4 is 67.0 Å². The van der Waals surface area contributed by atoms with Crippen LogP contribution in [-0.2, 0) is 4.79 Å². The van der Waals surface area contributed by atoms with Crippen LogP contribution >= 0.6 is 43.6 Å². The number of alkyl halides is 7. The van der Waals surface area contributed by atoms with Crippen LogP contribution in [0.1, 0.15) is 10.4 Å². The van der Waals surface area contributed by atoms with Gasteiger partial charge in [0.05, 0.1) is 11.4 Å². The minimum atomic E-state index is -6.23. The fraction of sp³-hybridized carbons (Fsp3) is 0.176. The second-order valence-corrected chi connectivity index (χ2v) is 8.61. The molecule has 166 valence electrons. The molecule has 31 heavy (non-hydrogen) atoms. The molecule has 0 heterocycles. The molecular weight excluding hydrogens is 589 g/mol. The Labute approximate surface area is 190 Å². The first-order valence-electron chi connectivity index (χ1n) is 7.69. The van der Waals surface area contributed by atoms with Gasteiger partial charge in [-0.3, -0.25) is 4.79 Å². The van der Waals surface area contributed by atoms with E-state index in [0.29, 0.717) is 0 Å². The van der Waals surface area contributed by atoms with E-state index in [1.165, 1.54) is 30.3 Å². The summed E-state index contributed by atoms with van der Waals surface area (Å²) in [6.07, 6.45) is -11.2. The van der Waals surface area contributed by atoms with Crippen LogP contribution in [0.25, 0.3) is 0 Å². The number of carbonyl (C=O) groups is 1. The maximum absolute atomic E-state index is 14.0. The van der Waals surface area contributed by atoms with Crippen molar-refractivity contribution < 1.29 is 40.3 Å². The molecule has 0 atom stereocenters. The predicted molar refractivity (Wildman–Crippen MR) is 106 cm³/mol. The molecule has 0 aromatic heterocycles. The third-order valence-corrected chi connectivity index (χ3v) is 5.99. The lowest BCUT2D eigenvalue weighted by Gasteiger charge is -2.29. The number of hydrogen-bond donors (Lipinski definition) is 1. The number of aliphatic imine (C=N–C) groups is 1. The summed E-state index contributed by atoms with van der Waals surface area (Å²) in [4.78, 5) is 25.4. The largest absolute Gasteiger partial charge is 0.441 e. The summed E-state index contributed by atoms with van der Waals surface area (Å²) >= 11 is 4.79. The minimum Gasteiger partial charge on any atom is -0.320 e. The van der Waals surface area contributed by atoms with E-state index >= 15 is 0 Å². The van der Waals surface area contributed by atoms with Gasteiger partial charge in [0.2, 0.25) is 6.08 Å². The van der Waals surface area contributed by atoms with Gasteiger partial charge in [0, 0.05) is 19.4 Å². The number of hydrogen-bond acceptors (Lipinski definition) is 4. The summed E-state index contributed by atoms with van der Waals surface area (Å²) in [5.41, 5.74) is 0.138. The van der Waals surface area contributed by atoms with Crippen LogP contribution in [0.2, 0.25) is 0 Å². The van der Waals surface area contributed by atoms with Gasteiger partial charge in [0.15, 0.2) is 0 Å². The molecule has 1 N–H and O–H groups in total. The number of isocyanates is 1. The van der Waals surface area contributed by atoms with Gasteiger partial charge in [0.1, 0.15) is 0 Å². The Morgan fingerprint density at radius 2 is 1.52 bits per heavy atom. The number of nitrogens with zero attached hydrogens (tertiary/aromatic N) is 1. The van der Waals surface area contributed by atoms with E-state index in [-0.39, 0.29) is 25.9 Å². The first kappa shape index (κ1) is 25.4. The summed E-state index contributed by atoms with van der Waals surface area (Å²) in [5.74, 6) is -0.727. The van der Waals surface area contributed by atoms with Crippen LogP contribution in [-0.4, -0.2) is 29.3 Å².